The summed E-state index contributed by atoms with van der Waals surface area (Å²) in [5, 5.41) is 0. The number of imidazole rings is 1. The van der Waals surface area contributed by atoms with Crippen LogP contribution in [0, 0.1) is 0 Å². The highest BCUT2D eigenvalue weighted by Gasteiger charge is 2.45. The summed E-state index contributed by atoms with van der Waals surface area (Å²) in [5.41, 5.74) is 2.86. The van der Waals surface area contributed by atoms with Crippen molar-refractivity contribution in [1.29, 1.82) is 0 Å². The van der Waals surface area contributed by atoms with Gasteiger partial charge in [0.25, 0.3) is 0 Å². The molecule has 3 heterocycles. The molecule has 8 heteroatoms. The molecule has 0 radical (unpaired) electrons. The number of anilines is 2. The number of pyridine rings is 1. The van der Waals surface area contributed by atoms with Crippen molar-refractivity contribution in [2.24, 2.45) is 0 Å². The molecule has 0 saturated carbocycles. The van der Waals surface area contributed by atoms with E-state index in [4.69, 9.17) is 14.5 Å². The van der Waals surface area contributed by atoms with Gasteiger partial charge in [0, 0.05) is 11.8 Å². The molecule has 0 saturated heterocycles. The minimum absolute atomic E-state index is 0.000744. The molecule has 0 unspecified atom stereocenters. The summed E-state index contributed by atoms with van der Waals surface area (Å²) in [6.07, 6.45) is 11.1. The molecule has 37 heavy (non-hydrogen) atoms. The Hall–Kier alpha value is -3.36. The van der Waals surface area contributed by atoms with Crippen molar-refractivity contribution in [1.82, 2.24) is 14.5 Å². The molecule has 0 fully saturated rings. The Morgan fingerprint density at radius 2 is 1.68 bits per heavy atom. The topological polar surface area (TPSA) is 69.5 Å². The number of fused-ring (bicyclic) bond motifs is 2. The van der Waals surface area contributed by atoms with Crippen LogP contribution in [0.2, 0.25) is 0 Å². The van der Waals surface area contributed by atoms with Crippen LogP contribution in [-0.2, 0) is 21.7 Å². The third-order valence-electron chi connectivity index (χ3n) is 6.68. The molecule has 0 N–H and O–H groups in total. The van der Waals surface area contributed by atoms with Crippen molar-refractivity contribution in [3.63, 3.8) is 0 Å². The number of carbonyl (C=O) groups excluding carboxylic acids is 1. The molecule has 196 valence electrons. The SMILES string of the molecule is CC1(C)C(=O)N(c2ccc(Oc3nc4ccccc4n3COCC[SH](C)(C)(C)C)cc2)c2ncccc21. The summed E-state index contributed by atoms with van der Waals surface area (Å²) in [7, 11) is -1.64. The molecule has 0 aliphatic carbocycles. The number of nitrogens with zero attached hydrogens (tertiary/aromatic N) is 4. The van der Waals surface area contributed by atoms with Crippen LogP contribution in [0.5, 0.6) is 11.8 Å². The summed E-state index contributed by atoms with van der Waals surface area (Å²) in [6, 6.07) is 19.7. The first-order chi connectivity index (χ1) is 17.4. The van der Waals surface area contributed by atoms with Crippen molar-refractivity contribution in [2.75, 3.05) is 42.3 Å². The van der Waals surface area contributed by atoms with Crippen LogP contribution in [-0.4, -0.2) is 57.8 Å². The Morgan fingerprint density at radius 1 is 0.946 bits per heavy atom. The Labute approximate surface area is 218 Å². The number of rotatable bonds is 8. The van der Waals surface area contributed by atoms with Gasteiger partial charge in [-0.1, -0.05) is 18.2 Å². The maximum Gasteiger partial charge on any atom is 0.304 e. The lowest BCUT2D eigenvalue weighted by Crippen LogP contribution is -2.33. The smallest absolute Gasteiger partial charge is 0.304 e. The Morgan fingerprint density at radius 3 is 2.41 bits per heavy atom. The zero-order valence-corrected chi connectivity index (χ0v) is 23.3. The third-order valence-corrected chi connectivity index (χ3v) is 8.66. The molecule has 1 aliphatic heterocycles. The van der Waals surface area contributed by atoms with Crippen LogP contribution in [0.4, 0.5) is 11.5 Å². The maximum atomic E-state index is 13.2. The van der Waals surface area contributed by atoms with Gasteiger partial charge in [-0.3, -0.25) is 23.4 Å². The number of benzene rings is 2. The number of ether oxygens (including phenoxy) is 2. The van der Waals surface area contributed by atoms with Gasteiger partial charge in [0.05, 0.1) is 28.7 Å². The molecular formula is C29H36N4O3S. The van der Waals surface area contributed by atoms with E-state index < -0.39 is 14.6 Å². The fourth-order valence-electron chi connectivity index (χ4n) is 4.40. The van der Waals surface area contributed by atoms with Crippen LogP contribution in [0.25, 0.3) is 11.0 Å². The van der Waals surface area contributed by atoms with Crippen molar-refractivity contribution in [3.8, 4) is 11.8 Å². The molecule has 0 bridgehead atoms. The van der Waals surface area contributed by atoms with E-state index in [0.717, 1.165) is 28.0 Å². The van der Waals surface area contributed by atoms with Crippen molar-refractivity contribution < 1.29 is 14.3 Å². The Bertz CT molecular complexity index is 1460. The lowest BCUT2D eigenvalue weighted by Gasteiger charge is -2.46. The highest BCUT2D eigenvalue weighted by Crippen LogP contribution is 2.54. The van der Waals surface area contributed by atoms with Gasteiger partial charge in [-0.15, -0.1) is 0 Å². The van der Waals surface area contributed by atoms with Crippen LogP contribution >= 0.6 is 9.16 Å². The van der Waals surface area contributed by atoms with E-state index in [0.29, 0.717) is 30.9 Å². The molecule has 1 amide bonds. The zero-order chi connectivity index (χ0) is 26.4. The zero-order valence-electron chi connectivity index (χ0n) is 22.4. The average molecular weight is 521 g/mol. The number of amides is 1. The van der Waals surface area contributed by atoms with E-state index in [2.05, 4.69) is 30.0 Å². The first-order valence-electron chi connectivity index (χ1n) is 12.5. The number of hydrogen-bond acceptors (Lipinski definition) is 5. The molecule has 1 aliphatic rings. The van der Waals surface area contributed by atoms with Crippen LogP contribution in [0.15, 0.2) is 66.9 Å². The minimum Gasteiger partial charge on any atom is -0.425 e. The van der Waals surface area contributed by atoms with Gasteiger partial charge in [-0.2, -0.15) is 4.98 Å². The second kappa shape index (κ2) is 8.89. The van der Waals surface area contributed by atoms with E-state index in [9.17, 15) is 4.79 Å². The number of carbonyl (C=O) groups is 1. The first kappa shape index (κ1) is 25.3. The van der Waals surface area contributed by atoms with Crippen LogP contribution < -0.4 is 9.64 Å². The van der Waals surface area contributed by atoms with Crippen molar-refractivity contribution >= 4 is 37.6 Å². The van der Waals surface area contributed by atoms with E-state index in [1.54, 1.807) is 11.1 Å². The summed E-state index contributed by atoms with van der Waals surface area (Å²) < 4.78 is 14.3. The van der Waals surface area contributed by atoms with E-state index in [-0.39, 0.29) is 5.91 Å². The molecule has 7 nitrogen and oxygen atoms in total. The summed E-state index contributed by atoms with van der Waals surface area (Å²) in [6.45, 7) is 4.92. The van der Waals surface area contributed by atoms with Crippen LogP contribution in [0.1, 0.15) is 19.4 Å². The van der Waals surface area contributed by atoms with Gasteiger partial charge in [-0.25, -0.2) is 4.98 Å². The summed E-state index contributed by atoms with van der Waals surface area (Å²) >= 11 is 0. The molecule has 2 aromatic carbocycles. The fourth-order valence-corrected chi connectivity index (χ4v) is 5.26. The Kier molecular flexibility index (Phi) is 6.08. The van der Waals surface area contributed by atoms with Gasteiger partial charge < -0.3 is 9.47 Å². The quantitative estimate of drug-likeness (QED) is 0.237. The monoisotopic (exact) mass is 520 g/mol. The highest BCUT2D eigenvalue weighted by molar-refractivity contribution is 8.47. The van der Waals surface area contributed by atoms with Crippen LogP contribution in [0.3, 0.4) is 0 Å². The molecule has 2 aromatic heterocycles. The predicted molar refractivity (Wildman–Crippen MR) is 154 cm³/mol. The largest absolute Gasteiger partial charge is 0.425 e. The average Bonchev–Trinajstić information content (AvgIpc) is 3.28. The lowest BCUT2D eigenvalue weighted by atomic mass is 9.87. The first-order valence-corrected chi connectivity index (χ1v) is 16.7. The number of aromatic nitrogens is 3. The van der Waals surface area contributed by atoms with E-state index in [1.807, 2.05) is 79.1 Å². The number of thiol groups is 1. The second-order valence-corrected chi connectivity index (χ2v) is 20.6. The van der Waals surface area contributed by atoms with Crippen molar-refractivity contribution in [3.05, 3.63) is 72.4 Å². The normalized spacial score (nSPS) is 16.0. The van der Waals surface area contributed by atoms with Crippen molar-refractivity contribution in [2.45, 2.75) is 26.0 Å². The number of para-hydroxylation sites is 2. The molecule has 0 spiro atoms. The molecule has 4 aromatic rings. The standard InChI is InChI=1S/C29H36N4O3S/c1-29(2)23-10-9-17-30-26(23)33(27(29)34)21-13-15-22(16-14-21)36-28-31-24-11-7-8-12-25(24)32(28)20-35-18-19-37(3,4,5)6/h7-17,37H,18-20H2,1-6H3. The Balaban J connectivity index is 1.37. The maximum absolute atomic E-state index is 13.2. The number of hydrogen-bond donors (Lipinski definition) is 1. The van der Waals surface area contributed by atoms with Gasteiger partial charge in [0.15, 0.2) is 0 Å². The van der Waals surface area contributed by atoms with Gasteiger partial charge in [-0.05, 0) is 87.1 Å². The molecular weight excluding hydrogens is 484 g/mol. The second-order valence-electron chi connectivity index (χ2n) is 12.3. The summed E-state index contributed by atoms with van der Waals surface area (Å²) in [4.78, 5) is 24.1. The highest BCUT2D eigenvalue weighted by atomic mass is 32.3. The fraction of sp³-hybridized carbons (Fsp3) is 0.345. The predicted octanol–water partition coefficient (Wildman–Crippen LogP) is 5.75. The van der Waals surface area contributed by atoms with Gasteiger partial charge >= 0.3 is 6.01 Å². The summed E-state index contributed by atoms with van der Waals surface area (Å²) in [5.74, 6) is 2.36. The third kappa shape index (κ3) is 5.08. The molecule has 5 rings (SSSR count). The minimum atomic E-state index is -1.64. The lowest BCUT2D eigenvalue weighted by molar-refractivity contribution is -0.121. The molecule has 0 atom stereocenters. The van der Waals surface area contributed by atoms with E-state index >= 15 is 0 Å². The van der Waals surface area contributed by atoms with Gasteiger partial charge in [0.1, 0.15) is 18.3 Å². The van der Waals surface area contributed by atoms with E-state index in [1.165, 1.54) is 0 Å². The van der Waals surface area contributed by atoms with Gasteiger partial charge in [0.2, 0.25) is 5.91 Å².